The third kappa shape index (κ3) is 5.13. The molecule has 1 amide bonds. The highest BCUT2D eigenvalue weighted by atomic mass is 35.5. The number of carbonyl (C=O) groups is 1. The van der Waals surface area contributed by atoms with Crippen LogP contribution in [0.1, 0.15) is 18.4 Å². The second-order valence-electron chi connectivity index (χ2n) is 5.37. The fourth-order valence-corrected chi connectivity index (χ4v) is 2.62. The van der Waals surface area contributed by atoms with Gasteiger partial charge in [-0.3, -0.25) is 4.79 Å². The molecule has 1 saturated heterocycles. The third-order valence-electron chi connectivity index (χ3n) is 3.82. The van der Waals surface area contributed by atoms with Gasteiger partial charge >= 0.3 is 0 Å². The number of ether oxygens (including phenoxy) is 1. The molecule has 0 aliphatic carbocycles. The molecule has 5 heteroatoms. The summed E-state index contributed by atoms with van der Waals surface area (Å²) in [6.07, 6.45) is 3.92. The molecule has 4 nitrogen and oxygen atoms in total. The standard InChI is InChI=1S/C17H24N2O2.ClH/c1-2-11-19(12-10-14-6-4-3-5-7-14)17(20)16-9-8-15(13-18)21-16;/h2-7,15-16H,1,8-13,18H2;1H/t15-,16+;/m1./s1. The summed E-state index contributed by atoms with van der Waals surface area (Å²) in [6, 6.07) is 10.2. The number of nitrogens with two attached hydrogens (primary N) is 1. The number of benzene rings is 1. The first-order chi connectivity index (χ1) is 10.2. The lowest BCUT2D eigenvalue weighted by molar-refractivity contribution is -0.142. The summed E-state index contributed by atoms with van der Waals surface area (Å²) in [7, 11) is 0. The normalized spacial score (nSPS) is 20.2. The summed E-state index contributed by atoms with van der Waals surface area (Å²) in [5, 5.41) is 0. The van der Waals surface area contributed by atoms with Gasteiger partial charge in [-0.05, 0) is 24.8 Å². The molecule has 0 saturated carbocycles. The van der Waals surface area contributed by atoms with E-state index in [0.717, 1.165) is 19.3 Å². The Kier molecular flexibility index (Phi) is 8.17. The van der Waals surface area contributed by atoms with Crippen LogP contribution < -0.4 is 5.73 Å². The first-order valence-electron chi connectivity index (χ1n) is 7.53. The highest BCUT2D eigenvalue weighted by Crippen LogP contribution is 2.21. The number of halogens is 1. The van der Waals surface area contributed by atoms with Crippen molar-refractivity contribution in [1.29, 1.82) is 0 Å². The Balaban J connectivity index is 0.00000242. The van der Waals surface area contributed by atoms with Crippen LogP contribution in [0.15, 0.2) is 43.0 Å². The van der Waals surface area contributed by atoms with Gasteiger partial charge in [0, 0.05) is 19.6 Å². The van der Waals surface area contributed by atoms with E-state index in [1.54, 1.807) is 6.08 Å². The van der Waals surface area contributed by atoms with E-state index in [1.807, 2.05) is 23.1 Å². The molecule has 1 aliphatic heterocycles. The first-order valence-corrected chi connectivity index (χ1v) is 7.53. The molecule has 2 atom stereocenters. The molecule has 0 spiro atoms. The van der Waals surface area contributed by atoms with Crippen LogP contribution in [0.2, 0.25) is 0 Å². The van der Waals surface area contributed by atoms with Crippen LogP contribution >= 0.6 is 12.4 Å². The zero-order valence-electron chi connectivity index (χ0n) is 12.8. The van der Waals surface area contributed by atoms with Crippen molar-refractivity contribution < 1.29 is 9.53 Å². The molecule has 1 heterocycles. The Morgan fingerprint density at radius 1 is 1.36 bits per heavy atom. The Bertz CT molecular complexity index is 467. The van der Waals surface area contributed by atoms with Crippen molar-refractivity contribution in [2.45, 2.75) is 31.5 Å². The monoisotopic (exact) mass is 324 g/mol. The van der Waals surface area contributed by atoms with Crippen LogP contribution in [0.3, 0.4) is 0 Å². The number of amides is 1. The van der Waals surface area contributed by atoms with E-state index in [4.69, 9.17) is 10.5 Å². The zero-order chi connectivity index (χ0) is 15.1. The van der Waals surface area contributed by atoms with Gasteiger partial charge in [0.1, 0.15) is 6.10 Å². The van der Waals surface area contributed by atoms with Crippen molar-refractivity contribution in [2.24, 2.45) is 5.73 Å². The SMILES string of the molecule is C=CCN(CCc1ccccc1)C(=O)[C@@H]1CC[C@H](CN)O1.Cl. The summed E-state index contributed by atoms with van der Waals surface area (Å²) in [4.78, 5) is 14.4. The Morgan fingerprint density at radius 3 is 2.68 bits per heavy atom. The smallest absolute Gasteiger partial charge is 0.252 e. The molecule has 0 unspecified atom stereocenters. The highest BCUT2D eigenvalue weighted by Gasteiger charge is 2.32. The van der Waals surface area contributed by atoms with E-state index >= 15 is 0 Å². The molecule has 0 aromatic heterocycles. The molecule has 0 radical (unpaired) electrons. The van der Waals surface area contributed by atoms with Crippen LogP contribution in [-0.2, 0) is 16.0 Å². The first kappa shape index (κ1) is 18.7. The largest absolute Gasteiger partial charge is 0.364 e. The molecule has 2 N–H and O–H groups in total. The zero-order valence-corrected chi connectivity index (χ0v) is 13.6. The lowest BCUT2D eigenvalue weighted by atomic mass is 10.1. The molecule has 1 aromatic rings. The van der Waals surface area contributed by atoms with Crippen molar-refractivity contribution in [3.63, 3.8) is 0 Å². The summed E-state index contributed by atoms with van der Waals surface area (Å²) in [5.74, 6) is 0.0572. The molecule has 1 aliphatic rings. The average molecular weight is 325 g/mol. The molecular formula is C17H25ClN2O2. The minimum atomic E-state index is -0.339. The second-order valence-corrected chi connectivity index (χ2v) is 5.37. The van der Waals surface area contributed by atoms with Crippen LogP contribution in [0, 0.1) is 0 Å². The van der Waals surface area contributed by atoms with Crippen LogP contribution in [0.25, 0.3) is 0 Å². The maximum absolute atomic E-state index is 12.5. The lowest BCUT2D eigenvalue weighted by Crippen LogP contribution is -2.41. The summed E-state index contributed by atoms with van der Waals surface area (Å²) < 4.78 is 5.70. The van der Waals surface area contributed by atoms with Gasteiger partial charge in [0.15, 0.2) is 0 Å². The van der Waals surface area contributed by atoms with Crippen molar-refractivity contribution in [3.05, 3.63) is 48.6 Å². The average Bonchev–Trinajstić information content (AvgIpc) is 3.01. The number of hydrogen-bond donors (Lipinski definition) is 1. The minimum Gasteiger partial charge on any atom is -0.364 e. The topological polar surface area (TPSA) is 55.6 Å². The second kappa shape index (κ2) is 9.62. The predicted octanol–water partition coefficient (Wildman–Crippen LogP) is 2.17. The van der Waals surface area contributed by atoms with E-state index in [9.17, 15) is 4.79 Å². The molecule has 22 heavy (non-hydrogen) atoms. The van der Waals surface area contributed by atoms with Crippen LogP contribution in [0.4, 0.5) is 0 Å². The van der Waals surface area contributed by atoms with Crippen LogP contribution in [0.5, 0.6) is 0 Å². The molecule has 1 fully saturated rings. The molecule has 1 aromatic carbocycles. The number of rotatable bonds is 7. The summed E-state index contributed by atoms with van der Waals surface area (Å²) in [5.41, 5.74) is 6.83. The summed E-state index contributed by atoms with van der Waals surface area (Å²) >= 11 is 0. The van der Waals surface area contributed by atoms with E-state index in [1.165, 1.54) is 5.56 Å². The minimum absolute atomic E-state index is 0. The quantitative estimate of drug-likeness (QED) is 0.782. The van der Waals surface area contributed by atoms with Gasteiger partial charge in [-0.15, -0.1) is 19.0 Å². The van der Waals surface area contributed by atoms with E-state index < -0.39 is 0 Å². The van der Waals surface area contributed by atoms with Crippen molar-refractivity contribution in [3.8, 4) is 0 Å². The third-order valence-corrected chi connectivity index (χ3v) is 3.82. The van der Waals surface area contributed by atoms with Crippen molar-refractivity contribution in [2.75, 3.05) is 19.6 Å². The highest BCUT2D eigenvalue weighted by molar-refractivity contribution is 5.85. The van der Waals surface area contributed by atoms with Gasteiger partial charge in [0.05, 0.1) is 6.10 Å². The maximum Gasteiger partial charge on any atom is 0.252 e. The molecule has 0 bridgehead atoms. The van der Waals surface area contributed by atoms with E-state index in [0.29, 0.717) is 19.6 Å². The fraction of sp³-hybridized carbons (Fsp3) is 0.471. The Hall–Kier alpha value is -1.36. The van der Waals surface area contributed by atoms with Crippen molar-refractivity contribution >= 4 is 18.3 Å². The Labute approximate surface area is 138 Å². The van der Waals surface area contributed by atoms with Gasteiger partial charge in [-0.2, -0.15) is 0 Å². The summed E-state index contributed by atoms with van der Waals surface area (Å²) in [6.45, 7) is 5.46. The number of hydrogen-bond acceptors (Lipinski definition) is 3. The molecular weight excluding hydrogens is 300 g/mol. The molecule has 122 valence electrons. The van der Waals surface area contributed by atoms with Crippen LogP contribution in [-0.4, -0.2) is 42.6 Å². The molecule has 2 rings (SSSR count). The number of carbonyl (C=O) groups excluding carboxylic acids is 1. The van der Waals surface area contributed by atoms with E-state index in [-0.39, 0.29) is 30.5 Å². The van der Waals surface area contributed by atoms with Gasteiger partial charge < -0.3 is 15.4 Å². The Morgan fingerprint density at radius 2 is 2.09 bits per heavy atom. The van der Waals surface area contributed by atoms with Gasteiger partial charge in [-0.1, -0.05) is 36.4 Å². The van der Waals surface area contributed by atoms with Crippen molar-refractivity contribution in [1.82, 2.24) is 4.90 Å². The van der Waals surface area contributed by atoms with Gasteiger partial charge in [-0.25, -0.2) is 0 Å². The fourth-order valence-electron chi connectivity index (χ4n) is 2.62. The maximum atomic E-state index is 12.5. The van der Waals surface area contributed by atoms with E-state index in [2.05, 4.69) is 18.7 Å². The predicted molar refractivity (Wildman–Crippen MR) is 91.1 cm³/mol. The van der Waals surface area contributed by atoms with Gasteiger partial charge in [0.25, 0.3) is 5.91 Å². The lowest BCUT2D eigenvalue weighted by Gasteiger charge is -2.24. The van der Waals surface area contributed by atoms with Gasteiger partial charge in [0.2, 0.25) is 0 Å². The number of nitrogens with zero attached hydrogens (tertiary/aromatic N) is 1.